The zero-order valence-corrected chi connectivity index (χ0v) is 20.6. The molecule has 3 N–H and O–H groups in total. The van der Waals surface area contributed by atoms with E-state index >= 15 is 0 Å². The Hall–Kier alpha value is -3.26. The number of carbonyl (C=O) groups is 6. The zero-order chi connectivity index (χ0) is 27.1. The van der Waals surface area contributed by atoms with Crippen molar-refractivity contribution in [3.05, 3.63) is 0 Å². The van der Waals surface area contributed by atoms with Gasteiger partial charge in [0.05, 0.1) is 19.2 Å². The molecule has 0 saturated carbocycles. The highest BCUT2D eigenvalue weighted by atomic mass is 16.6. The standard InChI is InChI=1S/C21H32N2O12/c1-9(24)23-15-17(16(33-12(4)27)14(32-11(3)26)8-31-10(2)25)35-21(6,20(29)30-7)19(22)18(15)34-13(5)28/h14-19H,8,22H2,1-7H3,(H,23,24)/t14-,15?,16-,17?,18?,19?,21?/m1/s1. The average Bonchev–Trinajstić information content (AvgIpc) is 2.73. The van der Waals surface area contributed by atoms with Crippen LogP contribution in [-0.2, 0) is 57.2 Å². The van der Waals surface area contributed by atoms with Gasteiger partial charge in [-0.3, -0.25) is 24.0 Å². The van der Waals surface area contributed by atoms with Crippen LogP contribution in [0.1, 0.15) is 41.5 Å². The Morgan fingerprint density at radius 2 is 1.51 bits per heavy atom. The maximum Gasteiger partial charge on any atom is 0.339 e. The monoisotopic (exact) mass is 504 g/mol. The minimum atomic E-state index is -1.98. The molecule has 1 aliphatic rings. The third-order valence-corrected chi connectivity index (χ3v) is 5.10. The summed E-state index contributed by atoms with van der Waals surface area (Å²) in [5.74, 6) is -4.78. The highest BCUT2D eigenvalue weighted by Crippen LogP contribution is 2.35. The van der Waals surface area contributed by atoms with Crippen LogP contribution in [0.5, 0.6) is 0 Å². The van der Waals surface area contributed by atoms with Crippen LogP contribution >= 0.6 is 0 Å². The second kappa shape index (κ2) is 12.4. The summed E-state index contributed by atoms with van der Waals surface area (Å²) in [6.45, 7) is 6.15. The largest absolute Gasteiger partial charge is 0.467 e. The molecule has 0 aliphatic carbocycles. The van der Waals surface area contributed by atoms with Gasteiger partial charge in [-0.05, 0) is 6.92 Å². The molecule has 0 radical (unpaired) electrons. The molecule has 0 aromatic heterocycles. The molecule has 198 valence electrons. The Bertz CT molecular complexity index is 846. The minimum absolute atomic E-state index is 0.571. The number of esters is 5. The summed E-state index contributed by atoms with van der Waals surface area (Å²) in [5, 5.41) is 2.53. The van der Waals surface area contributed by atoms with Crippen LogP contribution in [0.3, 0.4) is 0 Å². The number of hydrogen-bond donors (Lipinski definition) is 2. The first kappa shape index (κ1) is 29.8. The van der Waals surface area contributed by atoms with E-state index in [2.05, 4.69) is 5.32 Å². The summed E-state index contributed by atoms with van der Waals surface area (Å²) in [6.07, 6.45) is -5.90. The van der Waals surface area contributed by atoms with Crippen molar-refractivity contribution >= 4 is 35.8 Å². The Kier molecular flexibility index (Phi) is 10.6. The van der Waals surface area contributed by atoms with Crippen LogP contribution in [-0.4, -0.2) is 91.6 Å². The Labute approximate surface area is 202 Å². The van der Waals surface area contributed by atoms with Crippen molar-refractivity contribution < 1.29 is 57.2 Å². The van der Waals surface area contributed by atoms with E-state index in [1.54, 1.807) is 0 Å². The van der Waals surface area contributed by atoms with Crippen LogP contribution in [0.4, 0.5) is 0 Å². The third-order valence-electron chi connectivity index (χ3n) is 5.10. The van der Waals surface area contributed by atoms with E-state index in [4.69, 9.17) is 34.2 Å². The van der Waals surface area contributed by atoms with E-state index in [1.807, 2.05) is 0 Å². The fourth-order valence-corrected chi connectivity index (χ4v) is 3.71. The molecule has 0 aromatic carbocycles. The molecule has 1 rings (SSSR count). The molecule has 0 aromatic rings. The molecular formula is C21H32N2O12. The molecule has 0 spiro atoms. The second-order valence-electron chi connectivity index (χ2n) is 8.03. The molecule has 1 amide bonds. The van der Waals surface area contributed by atoms with Gasteiger partial charge < -0.3 is 39.5 Å². The van der Waals surface area contributed by atoms with Crippen LogP contribution in [0.2, 0.25) is 0 Å². The fraction of sp³-hybridized carbons (Fsp3) is 0.714. The summed E-state index contributed by atoms with van der Waals surface area (Å²) in [5.41, 5.74) is 4.27. The van der Waals surface area contributed by atoms with Gasteiger partial charge in [0.25, 0.3) is 0 Å². The van der Waals surface area contributed by atoms with Gasteiger partial charge >= 0.3 is 29.8 Å². The molecule has 5 unspecified atom stereocenters. The highest BCUT2D eigenvalue weighted by molar-refractivity contribution is 5.81. The van der Waals surface area contributed by atoms with Crippen molar-refractivity contribution in [3.8, 4) is 0 Å². The van der Waals surface area contributed by atoms with Gasteiger partial charge in [-0.1, -0.05) is 0 Å². The topological polar surface area (TPSA) is 196 Å². The van der Waals surface area contributed by atoms with Crippen molar-refractivity contribution in [3.63, 3.8) is 0 Å². The van der Waals surface area contributed by atoms with Crippen molar-refractivity contribution in [1.82, 2.24) is 5.32 Å². The summed E-state index contributed by atoms with van der Waals surface area (Å²) in [7, 11) is 1.07. The van der Waals surface area contributed by atoms with Crippen LogP contribution in [0, 0.1) is 0 Å². The molecule has 14 nitrogen and oxygen atoms in total. The van der Waals surface area contributed by atoms with Gasteiger partial charge in [-0.15, -0.1) is 0 Å². The highest BCUT2D eigenvalue weighted by Gasteiger charge is 2.60. The third kappa shape index (κ3) is 7.89. The predicted octanol–water partition coefficient (Wildman–Crippen LogP) is -1.49. The first-order valence-corrected chi connectivity index (χ1v) is 10.6. The van der Waals surface area contributed by atoms with Crippen LogP contribution in [0.25, 0.3) is 0 Å². The van der Waals surface area contributed by atoms with E-state index in [-0.39, 0.29) is 0 Å². The lowest BCUT2D eigenvalue weighted by Gasteiger charge is -2.51. The first-order chi connectivity index (χ1) is 16.1. The number of nitrogens with two attached hydrogens (primary N) is 1. The van der Waals surface area contributed by atoms with Gasteiger partial charge in [-0.25, -0.2) is 4.79 Å². The molecule has 0 bridgehead atoms. The van der Waals surface area contributed by atoms with Crippen molar-refractivity contribution in [2.24, 2.45) is 5.73 Å². The van der Waals surface area contributed by atoms with Crippen LogP contribution in [0.15, 0.2) is 0 Å². The summed E-state index contributed by atoms with van der Waals surface area (Å²) in [6, 6.07) is -2.66. The van der Waals surface area contributed by atoms with E-state index in [9.17, 15) is 28.8 Å². The van der Waals surface area contributed by atoms with Gasteiger partial charge in [0, 0.05) is 34.6 Å². The molecule has 1 aliphatic heterocycles. The fourth-order valence-electron chi connectivity index (χ4n) is 3.71. The summed E-state index contributed by atoms with van der Waals surface area (Å²) in [4.78, 5) is 71.9. The van der Waals surface area contributed by atoms with E-state index < -0.39 is 84.5 Å². The van der Waals surface area contributed by atoms with Crippen molar-refractivity contribution in [2.45, 2.75) is 83.6 Å². The Morgan fingerprint density at radius 3 is 1.94 bits per heavy atom. The lowest BCUT2D eigenvalue weighted by molar-refractivity contribution is -0.243. The van der Waals surface area contributed by atoms with E-state index in [1.165, 1.54) is 6.92 Å². The summed E-state index contributed by atoms with van der Waals surface area (Å²) < 4.78 is 31.7. The lowest BCUT2D eigenvalue weighted by Crippen LogP contribution is -2.76. The van der Waals surface area contributed by atoms with Crippen molar-refractivity contribution in [2.75, 3.05) is 13.7 Å². The number of amides is 1. The number of rotatable bonds is 9. The number of hydrogen-bond acceptors (Lipinski definition) is 13. The molecule has 1 saturated heterocycles. The maximum atomic E-state index is 12.7. The maximum absolute atomic E-state index is 12.7. The zero-order valence-electron chi connectivity index (χ0n) is 20.6. The molecule has 14 heteroatoms. The normalized spacial score (nSPS) is 27.4. The number of nitrogens with one attached hydrogen (secondary N) is 1. The van der Waals surface area contributed by atoms with Crippen molar-refractivity contribution in [1.29, 1.82) is 0 Å². The van der Waals surface area contributed by atoms with Gasteiger partial charge in [0.15, 0.2) is 17.8 Å². The molecule has 7 atom stereocenters. The average molecular weight is 504 g/mol. The van der Waals surface area contributed by atoms with Gasteiger partial charge in [0.1, 0.15) is 18.8 Å². The molecule has 1 fully saturated rings. The summed E-state index contributed by atoms with van der Waals surface area (Å²) >= 11 is 0. The van der Waals surface area contributed by atoms with E-state index in [0.29, 0.717) is 0 Å². The van der Waals surface area contributed by atoms with Gasteiger partial charge in [-0.2, -0.15) is 0 Å². The minimum Gasteiger partial charge on any atom is -0.467 e. The number of ether oxygens (including phenoxy) is 6. The first-order valence-electron chi connectivity index (χ1n) is 10.6. The SMILES string of the molecule is COC(=O)C1(C)OC([C@H](OC(C)=O)[C@@H](COC(C)=O)OC(C)=O)C(NC(C)=O)C(OC(C)=O)C1N. The second-order valence-corrected chi connectivity index (χ2v) is 8.03. The Morgan fingerprint density at radius 1 is 0.943 bits per heavy atom. The molecular weight excluding hydrogens is 472 g/mol. The smallest absolute Gasteiger partial charge is 0.339 e. The number of carbonyl (C=O) groups excluding carboxylic acids is 6. The van der Waals surface area contributed by atoms with Gasteiger partial charge in [0.2, 0.25) is 5.91 Å². The number of methoxy groups -OCH3 is 1. The lowest BCUT2D eigenvalue weighted by atomic mass is 9.80. The quantitative estimate of drug-likeness (QED) is 0.272. The molecule has 1 heterocycles. The van der Waals surface area contributed by atoms with Crippen LogP contribution < -0.4 is 11.1 Å². The van der Waals surface area contributed by atoms with E-state index in [0.717, 1.165) is 41.7 Å². The molecule has 35 heavy (non-hydrogen) atoms. The Balaban J connectivity index is 3.74. The predicted molar refractivity (Wildman–Crippen MR) is 114 cm³/mol.